The molecular formula is C26H26FN5. The van der Waals surface area contributed by atoms with Crippen molar-refractivity contribution in [2.45, 2.75) is 26.2 Å². The highest BCUT2D eigenvalue weighted by molar-refractivity contribution is 5.62. The van der Waals surface area contributed by atoms with E-state index < -0.39 is 0 Å². The minimum absolute atomic E-state index is 0.258. The Hall–Kier alpha value is -3.54. The van der Waals surface area contributed by atoms with Crippen molar-refractivity contribution in [3.63, 3.8) is 0 Å². The molecule has 0 amide bonds. The summed E-state index contributed by atoms with van der Waals surface area (Å²) >= 11 is 0. The van der Waals surface area contributed by atoms with Gasteiger partial charge < -0.3 is 4.90 Å². The van der Waals surface area contributed by atoms with Crippen molar-refractivity contribution in [2.75, 3.05) is 18.0 Å². The monoisotopic (exact) mass is 427 g/mol. The zero-order valence-corrected chi connectivity index (χ0v) is 18.2. The average Bonchev–Trinajstić information content (AvgIpc) is 3.22. The van der Waals surface area contributed by atoms with Gasteiger partial charge in [-0.2, -0.15) is 5.10 Å². The van der Waals surface area contributed by atoms with Gasteiger partial charge in [0, 0.05) is 31.0 Å². The van der Waals surface area contributed by atoms with Crippen LogP contribution in [0.2, 0.25) is 0 Å². The Morgan fingerprint density at radius 2 is 1.72 bits per heavy atom. The molecule has 2 aromatic heterocycles. The van der Waals surface area contributed by atoms with E-state index >= 15 is 0 Å². The van der Waals surface area contributed by atoms with Gasteiger partial charge in [-0.05, 0) is 68.0 Å². The van der Waals surface area contributed by atoms with E-state index in [9.17, 15) is 4.39 Å². The van der Waals surface area contributed by atoms with Crippen molar-refractivity contribution in [1.29, 1.82) is 0 Å². The molecule has 0 aliphatic carbocycles. The summed E-state index contributed by atoms with van der Waals surface area (Å²) in [6.45, 7) is 3.90. The molecule has 162 valence electrons. The van der Waals surface area contributed by atoms with E-state index in [2.05, 4.69) is 45.3 Å². The van der Waals surface area contributed by atoms with Gasteiger partial charge in [0.2, 0.25) is 5.95 Å². The Morgan fingerprint density at radius 1 is 0.969 bits per heavy atom. The molecule has 0 bridgehead atoms. The van der Waals surface area contributed by atoms with Crippen LogP contribution in [-0.4, -0.2) is 32.8 Å². The number of hydrogen-bond acceptors (Lipinski definition) is 4. The fraction of sp³-hybridized carbons (Fsp3) is 0.269. The third kappa shape index (κ3) is 4.40. The quantitative estimate of drug-likeness (QED) is 0.437. The van der Waals surface area contributed by atoms with Gasteiger partial charge in [-0.3, -0.25) is 0 Å². The molecule has 1 fully saturated rings. The summed E-state index contributed by atoms with van der Waals surface area (Å²) in [5.41, 5.74) is 4.91. The van der Waals surface area contributed by atoms with Crippen LogP contribution in [0.4, 0.5) is 10.3 Å². The Kier molecular flexibility index (Phi) is 5.67. The molecule has 2 aromatic carbocycles. The van der Waals surface area contributed by atoms with Gasteiger partial charge in [-0.15, -0.1) is 0 Å². The second kappa shape index (κ2) is 8.91. The number of piperidine rings is 1. The first-order valence-corrected chi connectivity index (χ1v) is 11.1. The molecule has 1 aliphatic rings. The van der Waals surface area contributed by atoms with E-state index in [0.29, 0.717) is 5.92 Å². The highest BCUT2D eigenvalue weighted by Crippen LogP contribution is 2.27. The number of hydrogen-bond donors (Lipinski definition) is 0. The van der Waals surface area contributed by atoms with Gasteiger partial charge in [0.05, 0.1) is 17.1 Å². The normalized spacial score (nSPS) is 14.6. The van der Waals surface area contributed by atoms with Crippen LogP contribution in [0.15, 0.2) is 73.1 Å². The Labute approximate surface area is 187 Å². The number of aromatic nitrogens is 4. The second-order valence-corrected chi connectivity index (χ2v) is 8.41. The summed E-state index contributed by atoms with van der Waals surface area (Å²) in [6.07, 6.45) is 7.19. The number of benzene rings is 2. The maximum atomic E-state index is 13.3. The van der Waals surface area contributed by atoms with Crippen LogP contribution in [0.1, 0.15) is 24.1 Å². The molecule has 5 rings (SSSR count). The highest BCUT2D eigenvalue weighted by Gasteiger charge is 2.22. The molecule has 32 heavy (non-hydrogen) atoms. The maximum Gasteiger partial charge on any atom is 0.225 e. The molecule has 0 atom stereocenters. The van der Waals surface area contributed by atoms with Gasteiger partial charge in [0.1, 0.15) is 5.82 Å². The predicted octanol–water partition coefficient (Wildman–Crippen LogP) is 5.24. The number of rotatable bonds is 5. The van der Waals surface area contributed by atoms with E-state index in [1.54, 1.807) is 16.8 Å². The second-order valence-electron chi connectivity index (χ2n) is 8.41. The van der Waals surface area contributed by atoms with Gasteiger partial charge in [0.15, 0.2) is 0 Å². The molecule has 0 spiro atoms. The fourth-order valence-electron chi connectivity index (χ4n) is 4.37. The molecule has 3 heterocycles. The minimum Gasteiger partial charge on any atom is -0.341 e. The summed E-state index contributed by atoms with van der Waals surface area (Å²) in [4.78, 5) is 11.7. The van der Waals surface area contributed by atoms with Crippen LogP contribution in [0.3, 0.4) is 0 Å². The van der Waals surface area contributed by atoms with Gasteiger partial charge in [0.25, 0.3) is 0 Å². The minimum atomic E-state index is -0.258. The third-order valence-corrected chi connectivity index (χ3v) is 6.17. The summed E-state index contributed by atoms with van der Waals surface area (Å²) in [5, 5.41) is 4.60. The van der Waals surface area contributed by atoms with Crippen LogP contribution in [0.5, 0.6) is 0 Å². The number of nitrogens with zero attached hydrogens (tertiary/aromatic N) is 5. The van der Waals surface area contributed by atoms with Crippen LogP contribution in [-0.2, 0) is 6.42 Å². The topological polar surface area (TPSA) is 46.8 Å². The molecular weight excluding hydrogens is 401 g/mol. The lowest BCUT2D eigenvalue weighted by Crippen LogP contribution is -2.35. The zero-order chi connectivity index (χ0) is 21.9. The Bertz CT molecular complexity index is 1180. The molecule has 0 unspecified atom stereocenters. The van der Waals surface area contributed by atoms with Crippen LogP contribution < -0.4 is 4.90 Å². The first-order chi connectivity index (χ1) is 15.7. The number of anilines is 1. The molecule has 1 saturated heterocycles. The maximum absolute atomic E-state index is 13.3. The fourth-order valence-corrected chi connectivity index (χ4v) is 4.37. The van der Waals surface area contributed by atoms with E-state index in [1.807, 2.05) is 25.4 Å². The van der Waals surface area contributed by atoms with Crippen molar-refractivity contribution in [3.05, 3.63) is 90.1 Å². The van der Waals surface area contributed by atoms with Crippen molar-refractivity contribution >= 4 is 5.95 Å². The lowest BCUT2D eigenvalue weighted by atomic mass is 9.90. The van der Waals surface area contributed by atoms with E-state index in [1.165, 1.54) is 17.7 Å². The molecule has 0 saturated carbocycles. The van der Waals surface area contributed by atoms with Crippen molar-refractivity contribution in [1.82, 2.24) is 19.7 Å². The molecule has 0 N–H and O–H groups in total. The van der Waals surface area contributed by atoms with Crippen molar-refractivity contribution in [2.24, 2.45) is 5.92 Å². The third-order valence-electron chi connectivity index (χ3n) is 6.17. The predicted molar refractivity (Wildman–Crippen MR) is 124 cm³/mol. The molecule has 4 aromatic rings. The lowest BCUT2D eigenvalue weighted by Gasteiger charge is -2.32. The Morgan fingerprint density at radius 3 is 2.47 bits per heavy atom. The lowest BCUT2D eigenvalue weighted by molar-refractivity contribution is 0.400. The largest absolute Gasteiger partial charge is 0.341 e. The highest BCUT2D eigenvalue weighted by atomic mass is 19.1. The first-order valence-electron chi connectivity index (χ1n) is 11.1. The summed E-state index contributed by atoms with van der Waals surface area (Å²) in [5.74, 6) is 1.22. The standard InChI is InChI=1S/C26H26FN5/c1-19-24(18-32(30-19)23-9-7-22(27)8-10-23)25-11-14-28-26(29-25)31-15-12-21(13-16-31)17-20-5-3-2-4-6-20/h2-11,14,18,21H,12-13,15-17H2,1H3. The summed E-state index contributed by atoms with van der Waals surface area (Å²) in [6, 6.07) is 19.0. The van der Waals surface area contributed by atoms with Crippen molar-refractivity contribution in [3.8, 4) is 16.9 Å². The van der Waals surface area contributed by atoms with E-state index in [0.717, 1.165) is 60.9 Å². The van der Waals surface area contributed by atoms with E-state index in [4.69, 9.17) is 4.98 Å². The van der Waals surface area contributed by atoms with Gasteiger partial charge in [-0.1, -0.05) is 30.3 Å². The number of aryl methyl sites for hydroxylation is 1. The van der Waals surface area contributed by atoms with Crippen LogP contribution in [0.25, 0.3) is 16.9 Å². The molecule has 0 radical (unpaired) electrons. The van der Waals surface area contributed by atoms with Crippen LogP contribution in [0, 0.1) is 18.7 Å². The van der Waals surface area contributed by atoms with Crippen LogP contribution >= 0.6 is 0 Å². The van der Waals surface area contributed by atoms with E-state index in [-0.39, 0.29) is 5.82 Å². The summed E-state index contributed by atoms with van der Waals surface area (Å²) in [7, 11) is 0. The first kappa shape index (κ1) is 20.4. The molecule has 5 nitrogen and oxygen atoms in total. The van der Waals surface area contributed by atoms with Gasteiger partial charge in [-0.25, -0.2) is 19.0 Å². The van der Waals surface area contributed by atoms with Crippen molar-refractivity contribution < 1.29 is 4.39 Å². The molecule has 6 heteroatoms. The SMILES string of the molecule is Cc1nn(-c2ccc(F)cc2)cc1-c1ccnc(N2CCC(Cc3ccccc3)CC2)n1. The smallest absolute Gasteiger partial charge is 0.225 e. The van der Waals surface area contributed by atoms with Gasteiger partial charge >= 0.3 is 0 Å². The summed E-state index contributed by atoms with van der Waals surface area (Å²) < 4.78 is 15.0. The average molecular weight is 428 g/mol. The molecule has 1 aliphatic heterocycles. The Balaban J connectivity index is 1.30. The zero-order valence-electron chi connectivity index (χ0n) is 18.2. The number of halogens is 1.